The number of nitrogens with one attached hydrogen (secondary N) is 1. The van der Waals surface area contributed by atoms with Gasteiger partial charge in [-0.1, -0.05) is 30.0 Å². The van der Waals surface area contributed by atoms with Crippen molar-refractivity contribution in [3.05, 3.63) is 35.4 Å². The molecule has 2 saturated heterocycles. The maximum atomic E-state index is 11.0. The minimum atomic E-state index is -0.0218. The van der Waals surface area contributed by atoms with Gasteiger partial charge in [0.15, 0.2) is 5.17 Å². The van der Waals surface area contributed by atoms with E-state index in [1.165, 1.54) is 17.3 Å². The third kappa shape index (κ3) is 4.40. The molecule has 0 radical (unpaired) electrons. The zero-order chi connectivity index (χ0) is 15.2. The van der Waals surface area contributed by atoms with Crippen molar-refractivity contribution < 1.29 is 9.53 Å². The zero-order valence-electron chi connectivity index (χ0n) is 12.2. The second-order valence-corrected chi connectivity index (χ2v) is 6.08. The Hall–Kier alpha value is -1.70. The van der Waals surface area contributed by atoms with E-state index < -0.39 is 0 Å². The van der Waals surface area contributed by atoms with E-state index in [0.717, 1.165) is 38.4 Å². The maximum absolute atomic E-state index is 11.0. The molecule has 1 aromatic carbocycles. The summed E-state index contributed by atoms with van der Waals surface area (Å²) in [6.45, 7) is 4.49. The molecule has 2 fully saturated rings. The van der Waals surface area contributed by atoms with Gasteiger partial charge in [0.25, 0.3) is 0 Å². The minimum Gasteiger partial charge on any atom is -0.379 e. The summed E-state index contributed by atoms with van der Waals surface area (Å²) < 4.78 is 5.36. The monoisotopic (exact) mass is 318 g/mol. The Morgan fingerprint density at radius 1 is 1.36 bits per heavy atom. The van der Waals surface area contributed by atoms with Gasteiger partial charge in [-0.25, -0.2) is 0 Å². The summed E-state index contributed by atoms with van der Waals surface area (Å²) >= 11 is 1.37. The standard InChI is InChI=1S/C15H18N4O2S/c20-14-11-22-15(17-14)18-16-9-12-2-1-3-13(8-12)10-19-4-6-21-7-5-19/h1-3,8-9H,4-7,10-11H2,(H,17,18,20). The van der Waals surface area contributed by atoms with Gasteiger partial charge >= 0.3 is 0 Å². The van der Waals surface area contributed by atoms with E-state index in [0.29, 0.717) is 10.9 Å². The van der Waals surface area contributed by atoms with Crippen LogP contribution in [0.3, 0.4) is 0 Å². The summed E-state index contributed by atoms with van der Waals surface area (Å²) in [6.07, 6.45) is 1.71. The Kier molecular flexibility index (Phi) is 5.20. The molecule has 2 heterocycles. The average Bonchev–Trinajstić information content (AvgIpc) is 2.94. The molecule has 0 aromatic heterocycles. The minimum absolute atomic E-state index is 0.0218. The van der Waals surface area contributed by atoms with Crippen LogP contribution in [0.4, 0.5) is 0 Å². The van der Waals surface area contributed by atoms with Crippen LogP contribution in [0.15, 0.2) is 34.5 Å². The number of rotatable bonds is 4. The van der Waals surface area contributed by atoms with Crippen LogP contribution in [0.25, 0.3) is 0 Å². The first-order valence-corrected chi connectivity index (χ1v) is 8.21. The SMILES string of the molecule is O=C1CSC(=NN=Cc2cccc(CN3CCOCC3)c2)N1. The Balaban J connectivity index is 1.59. The molecule has 7 heteroatoms. The van der Waals surface area contributed by atoms with Crippen molar-refractivity contribution in [1.29, 1.82) is 0 Å². The summed E-state index contributed by atoms with van der Waals surface area (Å²) in [4.78, 5) is 13.4. The molecule has 1 N–H and O–H groups in total. The number of carbonyl (C=O) groups excluding carboxylic acids is 1. The van der Waals surface area contributed by atoms with Gasteiger partial charge in [0.2, 0.25) is 5.91 Å². The normalized spacial score (nSPS) is 21.6. The number of morpholine rings is 1. The van der Waals surface area contributed by atoms with Gasteiger partial charge in [-0.3, -0.25) is 9.69 Å². The van der Waals surface area contributed by atoms with Crippen LogP contribution in [0.5, 0.6) is 0 Å². The van der Waals surface area contributed by atoms with Gasteiger partial charge < -0.3 is 10.1 Å². The molecule has 3 rings (SSSR count). The highest BCUT2D eigenvalue weighted by Crippen LogP contribution is 2.10. The number of carbonyl (C=O) groups is 1. The van der Waals surface area contributed by atoms with E-state index in [9.17, 15) is 4.79 Å². The number of amides is 1. The number of amidine groups is 1. The number of thioether (sulfide) groups is 1. The first-order valence-electron chi connectivity index (χ1n) is 7.22. The summed E-state index contributed by atoms with van der Waals surface area (Å²) in [5.41, 5.74) is 2.26. The molecule has 2 aliphatic rings. The van der Waals surface area contributed by atoms with Crippen molar-refractivity contribution in [2.45, 2.75) is 6.54 Å². The molecule has 2 aliphatic heterocycles. The van der Waals surface area contributed by atoms with Crippen molar-refractivity contribution in [3.8, 4) is 0 Å². The first-order chi connectivity index (χ1) is 10.8. The smallest absolute Gasteiger partial charge is 0.236 e. The summed E-state index contributed by atoms with van der Waals surface area (Å²) in [7, 11) is 0. The van der Waals surface area contributed by atoms with Crippen LogP contribution < -0.4 is 5.32 Å². The summed E-state index contributed by atoms with van der Waals surface area (Å²) in [5.74, 6) is 0.398. The second kappa shape index (κ2) is 7.53. The molecule has 116 valence electrons. The predicted molar refractivity (Wildman–Crippen MR) is 88.2 cm³/mol. The topological polar surface area (TPSA) is 66.3 Å². The predicted octanol–water partition coefficient (Wildman–Crippen LogP) is 1.07. The molecule has 1 aromatic rings. The van der Waals surface area contributed by atoms with Gasteiger partial charge in [0.1, 0.15) is 0 Å². The molecular weight excluding hydrogens is 300 g/mol. The fraction of sp³-hybridized carbons (Fsp3) is 0.400. The van der Waals surface area contributed by atoms with Crippen LogP contribution >= 0.6 is 11.8 Å². The molecule has 0 spiro atoms. The van der Waals surface area contributed by atoms with Crippen molar-refractivity contribution in [3.63, 3.8) is 0 Å². The number of nitrogens with zero attached hydrogens (tertiary/aromatic N) is 3. The quantitative estimate of drug-likeness (QED) is 0.666. The molecule has 0 saturated carbocycles. The Labute approximate surface area is 133 Å². The Bertz CT molecular complexity index is 597. The lowest BCUT2D eigenvalue weighted by molar-refractivity contribution is -0.116. The van der Waals surface area contributed by atoms with Crippen molar-refractivity contribution >= 4 is 29.1 Å². The van der Waals surface area contributed by atoms with Crippen LogP contribution in [0.1, 0.15) is 11.1 Å². The van der Waals surface area contributed by atoms with Crippen LogP contribution in [0, 0.1) is 0 Å². The fourth-order valence-electron chi connectivity index (χ4n) is 2.32. The number of hydrogen-bond acceptors (Lipinski definition) is 6. The molecule has 0 unspecified atom stereocenters. The molecular formula is C15H18N4O2S. The van der Waals surface area contributed by atoms with Gasteiger partial charge in [-0.05, 0) is 17.2 Å². The number of hydrogen-bond donors (Lipinski definition) is 1. The lowest BCUT2D eigenvalue weighted by atomic mass is 10.1. The molecule has 22 heavy (non-hydrogen) atoms. The average molecular weight is 318 g/mol. The first kappa shape index (κ1) is 15.2. The Morgan fingerprint density at radius 3 is 3.00 bits per heavy atom. The lowest BCUT2D eigenvalue weighted by Crippen LogP contribution is -2.35. The molecule has 1 amide bonds. The van der Waals surface area contributed by atoms with Gasteiger partial charge in [-0.2, -0.15) is 5.10 Å². The number of ether oxygens (including phenoxy) is 1. The molecule has 0 aliphatic carbocycles. The third-order valence-corrected chi connectivity index (χ3v) is 4.27. The van der Waals surface area contributed by atoms with E-state index in [1.807, 2.05) is 12.1 Å². The Morgan fingerprint density at radius 2 is 2.23 bits per heavy atom. The van der Waals surface area contributed by atoms with Gasteiger partial charge in [0.05, 0.1) is 25.2 Å². The highest BCUT2D eigenvalue weighted by atomic mass is 32.2. The van der Waals surface area contributed by atoms with E-state index in [-0.39, 0.29) is 5.91 Å². The van der Waals surface area contributed by atoms with Crippen molar-refractivity contribution in [2.75, 3.05) is 32.1 Å². The van der Waals surface area contributed by atoms with E-state index in [1.54, 1.807) is 6.21 Å². The third-order valence-electron chi connectivity index (χ3n) is 3.40. The molecule has 0 bridgehead atoms. The van der Waals surface area contributed by atoms with E-state index >= 15 is 0 Å². The second-order valence-electron chi connectivity index (χ2n) is 5.12. The van der Waals surface area contributed by atoms with Crippen LogP contribution in [-0.2, 0) is 16.1 Å². The van der Waals surface area contributed by atoms with E-state index in [4.69, 9.17) is 4.74 Å². The van der Waals surface area contributed by atoms with Gasteiger partial charge in [0, 0.05) is 19.6 Å². The molecule has 0 atom stereocenters. The molecule has 6 nitrogen and oxygen atoms in total. The fourth-order valence-corrected chi connectivity index (χ4v) is 2.95. The highest BCUT2D eigenvalue weighted by Gasteiger charge is 2.16. The van der Waals surface area contributed by atoms with Crippen molar-refractivity contribution in [2.24, 2.45) is 10.2 Å². The van der Waals surface area contributed by atoms with Crippen LogP contribution in [-0.4, -0.2) is 54.2 Å². The lowest BCUT2D eigenvalue weighted by Gasteiger charge is -2.26. The largest absolute Gasteiger partial charge is 0.379 e. The maximum Gasteiger partial charge on any atom is 0.236 e. The summed E-state index contributed by atoms with van der Waals surface area (Å²) in [6, 6.07) is 8.24. The van der Waals surface area contributed by atoms with Crippen LogP contribution in [0.2, 0.25) is 0 Å². The highest BCUT2D eigenvalue weighted by molar-refractivity contribution is 8.15. The van der Waals surface area contributed by atoms with E-state index in [2.05, 4.69) is 32.6 Å². The van der Waals surface area contributed by atoms with Gasteiger partial charge in [-0.15, -0.1) is 5.10 Å². The summed E-state index contributed by atoms with van der Waals surface area (Å²) in [5, 5.41) is 11.3. The number of benzene rings is 1. The van der Waals surface area contributed by atoms with Crippen molar-refractivity contribution in [1.82, 2.24) is 10.2 Å². The zero-order valence-corrected chi connectivity index (χ0v) is 13.0.